The van der Waals surface area contributed by atoms with Gasteiger partial charge in [-0.2, -0.15) is 0 Å². The molecule has 2 amide bonds. The first-order valence-corrected chi connectivity index (χ1v) is 8.20. The molecule has 0 spiro atoms. The number of rotatable bonds is 4. The summed E-state index contributed by atoms with van der Waals surface area (Å²) in [6, 6.07) is -1.01. The molecule has 4 aliphatic carbocycles. The highest BCUT2D eigenvalue weighted by Gasteiger charge is 2.67. The number of allylic oxidation sites excluding steroid dienone is 2. The maximum atomic E-state index is 12.8. The molecule has 0 aromatic rings. The van der Waals surface area contributed by atoms with Crippen LogP contribution in [0, 0.1) is 41.4 Å². The second kappa shape index (κ2) is 4.43. The Morgan fingerprint density at radius 3 is 2.09 bits per heavy atom. The molecule has 22 heavy (non-hydrogen) atoms. The highest BCUT2D eigenvalue weighted by molar-refractivity contribution is 6.08. The second-order valence-corrected chi connectivity index (χ2v) is 7.68. The Balaban J connectivity index is 1.68. The minimum atomic E-state index is -1.07. The van der Waals surface area contributed by atoms with Crippen LogP contribution in [0.3, 0.4) is 0 Å². The lowest BCUT2D eigenvalue weighted by molar-refractivity contribution is -0.155. The summed E-state index contributed by atoms with van der Waals surface area (Å²) >= 11 is 0. The summed E-state index contributed by atoms with van der Waals surface area (Å²) in [6.07, 6.45) is 5.64. The predicted molar refractivity (Wildman–Crippen MR) is 77.4 cm³/mol. The van der Waals surface area contributed by atoms with Gasteiger partial charge in [-0.15, -0.1) is 0 Å². The third-order valence-corrected chi connectivity index (χ3v) is 5.99. The van der Waals surface area contributed by atoms with E-state index in [-0.39, 0.29) is 41.4 Å². The standard InChI is InChI=1S/C17H21NO4/c1-7(2)5-12(17(21)22)18-15(19)13-8-3-4-9(11-6-10(8)11)14(13)16(18)20/h3-4,7-14H,5-6H2,1-2H3,(H,21,22)/t8-,9-,10-,11+,12-,13+,14-/m1/s1. The van der Waals surface area contributed by atoms with E-state index in [1.807, 2.05) is 13.8 Å². The fourth-order valence-electron chi connectivity index (χ4n) is 5.05. The minimum Gasteiger partial charge on any atom is -0.480 e. The van der Waals surface area contributed by atoms with E-state index in [4.69, 9.17) is 0 Å². The molecule has 1 heterocycles. The number of likely N-dealkylation sites (tertiary alicyclic amines) is 1. The zero-order chi connectivity index (χ0) is 15.8. The maximum Gasteiger partial charge on any atom is 0.326 e. The fraction of sp³-hybridized carbons (Fsp3) is 0.706. The van der Waals surface area contributed by atoms with Crippen LogP contribution in [0.2, 0.25) is 0 Å². The molecule has 2 bridgehead atoms. The average Bonchev–Trinajstić information content (AvgIpc) is 3.22. The van der Waals surface area contributed by atoms with Crippen molar-refractivity contribution in [1.29, 1.82) is 0 Å². The van der Waals surface area contributed by atoms with E-state index in [1.165, 1.54) is 0 Å². The normalized spacial score (nSPS) is 42.6. The molecule has 5 rings (SSSR count). The zero-order valence-electron chi connectivity index (χ0n) is 12.8. The van der Waals surface area contributed by atoms with Gasteiger partial charge in [-0.05, 0) is 42.4 Å². The molecule has 5 heteroatoms. The quantitative estimate of drug-likeness (QED) is 0.631. The van der Waals surface area contributed by atoms with Gasteiger partial charge in [0.15, 0.2) is 0 Å². The third kappa shape index (κ3) is 1.68. The largest absolute Gasteiger partial charge is 0.480 e. The molecule has 118 valence electrons. The molecular weight excluding hydrogens is 282 g/mol. The number of aliphatic carboxylic acids is 1. The zero-order valence-corrected chi connectivity index (χ0v) is 12.8. The van der Waals surface area contributed by atoms with Crippen molar-refractivity contribution in [2.45, 2.75) is 32.7 Å². The minimum absolute atomic E-state index is 0.118. The van der Waals surface area contributed by atoms with Gasteiger partial charge < -0.3 is 5.11 Å². The van der Waals surface area contributed by atoms with Crippen LogP contribution in [0.15, 0.2) is 12.2 Å². The molecule has 5 aliphatic rings. The first kappa shape index (κ1) is 14.0. The SMILES string of the molecule is CC(C)C[C@H](C(=O)O)N1C(=O)[C@@H]2[C@@H]3C=C[C@H]([C@H]4C[C@@H]34)[C@@H]2C1=O. The molecule has 1 saturated heterocycles. The van der Waals surface area contributed by atoms with Crippen molar-refractivity contribution < 1.29 is 19.5 Å². The summed E-state index contributed by atoms with van der Waals surface area (Å²) in [6.45, 7) is 3.82. The number of carboxylic acids is 1. The summed E-state index contributed by atoms with van der Waals surface area (Å²) in [4.78, 5) is 38.4. The van der Waals surface area contributed by atoms with Crippen LogP contribution in [0.4, 0.5) is 0 Å². The Labute approximate surface area is 129 Å². The van der Waals surface area contributed by atoms with Gasteiger partial charge in [-0.3, -0.25) is 14.5 Å². The van der Waals surface area contributed by atoms with E-state index in [2.05, 4.69) is 12.2 Å². The highest BCUT2D eigenvalue weighted by Crippen LogP contribution is 2.65. The van der Waals surface area contributed by atoms with Gasteiger partial charge in [0.2, 0.25) is 11.8 Å². The maximum absolute atomic E-state index is 12.8. The number of hydrogen-bond donors (Lipinski definition) is 1. The van der Waals surface area contributed by atoms with Gasteiger partial charge in [0.1, 0.15) is 6.04 Å². The predicted octanol–water partition coefficient (Wildman–Crippen LogP) is 1.54. The Morgan fingerprint density at radius 1 is 1.18 bits per heavy atom. The summed E-state index contributed by atoms with van der Waals surface area (Å²) < 4.78 is 0. The van der Waals surface area contributed by atoms with Crippen LogP contribution in [0.25, 0.3) is 0 Å². The van der Waals surface area contributed by atoms with Crippen molar-refractivity contribution >= 4 is 17.8 Å². The second-order valence-electron chi connectivity index (χ2n) is 7.68. The molecule has 0 radical (unpaired) electrons. The number of amides is 2. The van der Waals surface area contributed by atoms with Gasteiger partial charge in [-0.25, -0.2) is 4.79 Å². The Hall–Kier alpha value is -1.65. The van der Waals surface area contributed by atoms with Gasteiger partial charge in [0.05, 0.1) is 11.8 Å². The molecule has 0 unspecified atom stereocenters. The molecule has 5 nitrogen and oxygen atoms in total. The van der Waals surface area contributed by atoms with E-state index >= 15 is 0 Å². The number of hydrogen-bond acceptors (Lipinski definition) is 3. The number of carbonyl (C=O) groups excluding carboxylic acids is 2. The lowest BCUT2D eigenvalue weighted by atomic mass is 9.63. The molecule has 0 aromatic heterocycles. The van der Waals surface area contributed by atoms with Crippen molar-refractivity contribution in [3.05, 3.63) is 12.2 Å². The first-order chi connectivity index (χ1) is 10.4. The van der Waals surface area contributed by atoms with Crippen LogP contribution < -0.4 is 0 Å². The lowest BCUT2D eigenvalue weighted by Crippen LogP contribution is -2.46. The van der Waals surface area contributed by atoms with Crippen LogP contribution in [-0.4, -0.2) is 33.8 Å². The summed E-state index contributed by atoms with van der Waals surface area (Å²) in [5.41, 5.74) is 0. The first-order valence-electron chi connectivity index (χ1n) is 8.20. The van der Waals surface area contributed by atoms with Gasteiger partial charge in [-0.1, -0.05) is 26.0 Å². The fourth-order valence-corrected chi connectivity index (χ4v) is 5.05. The van der Waals surface area contributed by atoms with Gasteiger partial charge in [0.25, 0.3) is 0 Å². The highest BCUT2D eigenvalue weighted by atomic mass is 16.4. The van der Waals surface area contributed by atoms with Crippen LogP contribution in [0.1, 0.15) is 26.7 Å². The van der Waals surface area contributed by atoms with E-state index in [1.54, 1.807) is 0 Å². The summed E-state index contributed by atoms with van der Waals surface area (Å²) in [5.74, 6) is -0.666. The van der Waals surface area contributed by atoms with Crippen molar-refractivity contribution in [2.24, 2.45) is 41.4 Å². The monoisotopic (exact) mass is 303 g/mol. The van der Waals surface area contributed by atoms with Crippen molar-refractivity contribution in [2.75, 3.05) is 0 Å². The molecule has 2 saturated carbocycles. The van der Waals surface area contributed by atoms with E-state index < -0.39 is 12.0 Å². The topological polar surface area (TPSA) is 74.7 Å². The molecule has 1 aliphatic heterocycles. The van der Waals surface area contributed by atoms with Crippen LogP contribution >= 0.6 is 0 Å². The van der Waals surface area contributed by atoms with Crippen molar-refractivity contribution in [3.8, 4) is 0 Å². The number of imide groups is 1. The number of carbonyl (C=O) groups is 3. The van der Waals surface area contributed by atoms with Crippen molar-refractivity contribution in [1.82, 2.24) is 4.90 Å². The van der Waals surface area contributed by atoms with Crippen LogP contribution in [0.5, 0.6) is 0 Å². The molecule has 1 N–H and O–H groups in total. The molecule has 3 fully saturated rings. The average molecular weight is 303 g/mol. The summed E-state index contributed by atoms with van der Waals surface area (Å²) in [5, 5.41) is 9.50. The van der Waals surface area contributed by atoms with Crippen LogP contribution in [-0.2, 0) is 14.4 Å². The van der Waals surface area contributed by atoms with E-state index in [0.29, 0.717) is 18.3 Å². The third-order valence-electron chi connectivity index (χ3n) is 5.99. The molecule has 0 aromatic carbocycles. The number of carboxylic acid groups (broad SMARTS) is 1. The Morgan fingerprint density at radius 2 is 1.68 bits per heavy atom. The molecular formula is C17H21NO4. The van der Waals surface area contributed by atoms with Crippen molar-refractivity contribution in [3.63, 3.8) is 0 Å². The lowest BCUT2D eigenvalue weighted by Gasteiger charge is -2.37. The van der Waals surface area contributed by atoms with E-state index in [0.717, 1.165) is 11.3 Å². The smallest absolute Gasteiger partial charge is 0.326 e. The summed E-state index contributed by atoms with van der Waals surface area (Å²) in [7, 11) is 0. The van der Waals surface area contributed by atoms with E-state index in [9.17, 15) is 19.5 Å². The molecule has 7 atom stereocenters. The van der Waals surface area contributed by atoms with Gasteiger partial charge in [0, 0.05) is 0 Å². The van der Waals surface area contributed by atoms with Gasteiger partial charge >= 0.3 is 5.97 Å². The number of nitrogens with zero attached hydrogens (tertiary/aromatic N) is 1. The Kier molecular flexibility index (Phi) is 2.81. The Bertz CT molecular complexity index is 559.